The number of amides is 1. The lowest BCUT2D eigenvalue weighted by Gasteiger charge is -2.18. The highest BCUT2D eigenvalue weighted by Gasteiger charge is 2.20. The first kappa shape index (κ1) is 17.4. The van der Waals surface area contributed by atoms with Crippen molar-refractivity contribution >= 4 is 23.2 Å². The smallest absolute Gasteiger partial charge is 0.306 e. The van der Waals surface area contributed by atoms with Crippen molar-refractivity contribution in [2.45, 2.75) is 25.3 Å². The van der Waals surface area contributed by atoms with E-state index in [1.807, 2.05) is 53.9 Å². The van der Waals surface area contributed by atoms with E-state index in [1.165, 1.54) is 0 Å². The predicted molar refractivity (Wildman–Crippen MR) is 98.2 cm³/mol. The van der Waals surface area contributed by atoms with Crippen molar-refractivity contribution in [3.63, 3.8) is 0 Å². The first-order valence-corrected chi connectivity index (χ1v) is 9.30. The Labute approximate surface area is 151 Å². The number of carbonyl (C=O) groups is 2. The second-order valence-electron chi connectivity index (χ2n) is 6.06. The zero-order chi connectivity index (χ0) is 17.5. The number of hydrogen-bond acceptors (Lipinski definition) is 4. The molecule has 0 spiro atoms. The average Bonchev–Trinajstić information content (AvgIpc) is 3.32. The number of thiophene rings is 1. The monoisotopic (exact) mass is 355 g/mol. The van der Waals surface area contributed by atoms with Crippen LogP contribution in [-0.2, 0) is 14.3 Å². The van der Waals surface area contributed by atoms with E-state index in [-0.39, 0.29) is 30.4 Å². The Morgan fingerprint density at radius 3 is 2.72 bits per heavy atom. The van der Waals surface area contributed by atoms with E-state index in [9.17, 15) is 9.59 Å². The molecule has 1 heterocycles. The largest absolute Gasteiger partial charge is 0.456 e. The van der Waals surface area contributed by atoms with Crippen molar-refractivity contribution in [3.8, 4) is 0 Å². The number of nitrogens with one attached hydrogen (secondary N) is 1. The third-order valence-electron chi connectivity index (χ3n) is 4.17. The molecule has 2 aromatic rings. The molecule has 5 heteroatoms. The molecule has 25 heavy (non-hydrogen) atoms. The summed E-state index contributed by atoms with van der Waals surface area (Å²) < 4.78 is 5.14. The number of hydrogen-bond donors (Lipinski definition) is 1. The summed E-state index contributed by atoms with van der Waals surface area (Å²) in [5, 5.41) is 4.94. The van der Waals surface area contributed by atoms with Crippen LogP contribution in [0.5, 0.6) is 0 Å². The fraction of sp³-hybridized carbons (Fsp3) is 0.300. The van der Waals surface area contributed by atoms with Crippen LogP contribution in [0.2, 0.25) is 0 Å². The molecule has 0 fully saturated rings. The van der Waals surface area contributed by atoms with Gasteiger partial charge in [0.15, 0.2) is 6.61 Å². The Bertz CT molecular complexity index is 725. The summed E-state index contributed by atoms with van der Waals surface area (Å²) in [7, 11) is 0. The van der Waals surface area contributed by atoms with Crippen LogP contribution in [0, 0.1) is 5.92 Å². The normalized spacial score (nSPS) is 17.2. The predicted octanol–water partition coefficient (Wildman–Crippen LogP) is 3.85. The van der Waals surface area contributed by atoms with Crippen LogP contribution in [0.15, 0.2) is 60.0 Å². The average molecular weight is 355 g/mol. The van der Waals surface area contributed by atoms with Crippen molar-refractivity contribution in [2.75, 3.05) is 6.61 Å². The van der Waals surface area contributed by atoms with Gasteiger partial charge in [-0.15, -0.1) is 11.3 Å². The standard InChI is InChI=1S/C20H21NO3S/c22-18(14-24-19(23)13-15-7-4-5-8-15)21-20(17-11-6-12-25-17)16-9-2-1-3-10-16/h1-4,6-7,9-12,15,20H,5,8,13-14H2,(H,21,22)/t15-,20+/m1/s1. The van der Waals surface area contributed by atoms with E-state index >= 15 is 0 Å². The topological polar surface area (TPSA) is 55.4 Å². The van der Waals surface area contributed by atoms with E-state index < -0.39 is 0 Å². The van der Waals surface area contributed by atoms with Gasteiger partial charge in [-0.05, 0) is 35.8 Å². The van der Waals surface area contributed by atoms with Gasteiger partial charge in [-0.1, -0.05) is 48.6 Å². The SMILES string of the molecule is O=C(COC(=O)C[C@@H]1C=CCC1)N[C@@H](c1ccccc1)c1cccs1. The molecule has 0 bridgehead atoms. The Morgan fingerprint density at radius 1 is 1.20 bits per heavy atom. The third-order valence-corrected chi connectivity index (χ3v) is 5.11. The summed E-state index contributed by atoms with van der Waals surface area (Å²) in [4.78, 5) is 25.2. The summed E-state index contributed by atoms with van der Waals surface area (Å²) in [5.74, 6) is -0.365. The van der Waals surface area contributed by atoms with Crippen LogP contribution in [0.4, 0.5) is 0 Å². The summed E-state index contributed by atoms with van der Waals surface area (Å²) in [5.41, 5.74) is 1.00. The molecule has 130 valence electrons. The summed E-state index contributed by atoms with van der Waals surface area (Å²) in [6, 6.07) is 13.5. The molecule has 0 saturated carbocycles. The lowest BCUT2D eigenvalue weighted by atomic mass is 10.1. The first-order chi connectivity index (χ1) is 12.2. The van der Waals surface area contributed by atoms with Crippen LogP contribution in [0.1, 0.15) is 35.7 Å². The Kier molecular flexibility index (Phi) is 6.01. The molecule has 0 unspecified atom stereocenters. The molecule has 0 radical (unpaired) electrons. The zero-order valence-corrected chi connectivity index (χ0v) is 14.7. The molecule has 0 aliphatic heterocycles. The minimum Gasteiger partial charge on any atom is -0.456 e. The van der Waals surface area contributed by atoms with Crippen LogP contribution in [0.25, 0.3) is 0 Å². The van der Waals surface area contributed by atoms with Gasteiger partial charge in [0.1, 0.15) is 0 Å². The highest BCUT2D eigenvalue weighted by atomic mass is 32.1. The van der Waals surface area contributed by atoms with Gasteiger partial charge in [0.2, 0.25) is 0 Å². The number of esters is 1. The molecular formula is C20H21NO3S. The molecule has 3 rings (SSSR count). The first-order valence-electron chi connectivity index (χ1n) is 8.42. The Morgan fingerprint density at radius 2 is 2.04 bits per heavy atom. The zero-order valence-electron chi connectivity index (χ0n) is 13.9. The number of allylic oxidation sites excluding steroid dienone is 2. The molecule has 1 amide bonds. The molecule has 1 aromatic carbocycles. The quantitative estimate of drug-likeness (QED) is 0.606. The van der Waals surface area contributed by atoms with Gasteiger partial charge in [0, 0.05) is 4.88 Å². The summed E-state index contributed by atoms with van der Waals surface area (Å²) in [6.45, 7) is -0.246. The van der Waals surface area contributed by atoms with Crippen molar-refractivity contribution in [3.05, 3.63) is 70.4 Å². The Hall–Kier alpha value is -2.40. The van der Waals surface area contributed by atoms with Crippen molar-refractivity contribution in [1.82, 2.24) is 5.32 Å². The molecule has 1 aliphatic carbocycles. The van der Waals surface area contributed by atoms with Gasteiger partial charge in [-0.3, -0.25) is 9.59 Å². The fourth-order valence-corrected chi connectivity index (χ4v) is 3.71. The van der Waals surface area contributed by atoms with E-state index in [0.717, 1.165) is 23.3 Å². The minimum absolute atomic E-state index is 0.231. The Balaban J connectivity index is 1.55. The highest BCUT2D eigenvalue weighted by Crippen LogP contribution is 2.26. The van der Waals surface area contributed by atoms with Crippen molar-refractivity contribution in [1.29, 1.82) is 0 Å². The fourth-order valence-electron chi connectivity index (χ4n) is 2.91. The molecule has 1 aromatic heterocycles. The third kappa shape index (κ3) is 5.03. The number of ether oxygens (including phenoxy) is 1. The maximum atomic E-state index is 12.3. The van der Waals surface area contributed by atoms with E-state index in [4.69, 9.17) is 4.74 Å². The van der Waals surface area contributed by atoms with Crippen LogP contribution >= 0.6 is 11.3 Å². The molecular weight excluding hydrogens is 334 g/mol. The maximum absolute atomic E-state index is 12.3. The van der Waals surface area contributed by atoms with Gasteiger partial charge in [-0.2, -0.15) is 0 Å². The molecule has 4 nitrogen and oxygen atoms in total. The lowest BCUT2D eigenvalue weighted by Crippen LogP contribution is -2.32. The van der Waals surface area contributed by atoms with Crippen LogP contribution in [0.3, 0.4) is 0 Å². The highest BCUT2D eigenvalue weighted by molar-refractivity contribution is 7.10. The van der Waals surface area contributed by atoms with E-state index in [1.54, 1.807) is 11.3 Å². The molecule has 2 atom stereocenters. The molecule has 0 saturated heterocycles. The van der Waals surface area contributed by atoms with E-state index in [0.29, 0.717) is 6.42 Å². The second-order valence-corrected chi connectivity index (χ2v) is 7.04. The van der Waals surface area contributed by atoms with Crippen molar-refractivity contribution in [2.24, 2.45) is 5.92 Å². The van der Waals surface area contributed by atoms with Crippen molar-refractivity contribution < 1.29 is 14.3 Å². The molecule has 1 aliphatic rings. The number of rotatable bonds is 7. The van der Waals surface area contributed by atoms with Gasteiger partial charge in [0.05, 0.1) is 12.5 Å². The number of benzene rings is 1. The lowest BCUT2D eigenvalue weighted by molar-refractivity contribution is -0.149. The van der Waals surface area contributed by atoms with Gasteiger partial charge >= 0.3 is 5.97 Å². The summed E-state index contributed by atoms with van der Waals surface area (Å²) >= 11 is 1.58. The maximum Gasteiger partial charge on any atom is 0.306 e. The van der Waals surface area contributed by atoms with Gasteiger partial charge in [0.25, 0.3) is 5.91 Å². The second kappa shape index (κ2) is 8.62. The summed E-state index contributed by atoms with van der Waals surface area (Å²) in [6.07, 6.45) is 6.46. The van der Waals surface area contributed by atoms with Crippen LogP contribution in [-0.4, -0.2) is 18.5 Å². The van der Waals surface area contributed by atoms with Gasteiger partial charge in [-0.25, -0.2) is 0 Å². The van der Waals surface area contributed by atoms with E-state index in [2.05, 4.69) is 11.4 Å². The molecule has 1 N–H and O–H groups in total. The van der Waals surface area contributed by atoms with Gasteiger partial charge < -0.3 is 10.1 Å². The van der Waals surface area contributed by atoms with Crippen LogP contribution < -0.4 is 5.32 Å². The number of carbonyl (C=O) groups excluding carboxylic acids is 2. The minimum atomic E-state index is -0.320.